The van der Waals surface area contributed by atoms with Crippen LogP contribution in [0.1, 0.15) is 0 Å². The van der Waals surface area contributed by atoms with Crippen LogP contribution in [0.3, 0.4) is 0 Å². The first-order chi connectivity index (χ1) is 1.00. The van der Waals surface area contributed by atoms with Gasteiger partial charge in [-0.2, -0.15) is 0 Å². The van der Waals surface area contributed by atoms with Crippen molar-refractivity contribution in [3.63, 3.8) is 0 Å². The van der Waals surface area contributed by atoms with Crippen LogP contribution in [0, 0.1) is 0 Å². The third-order valence-corrected chi connectivity index (χ3v) is 0. The summed E-state index contributed by atoms with van der Waals surface area (Å²) in [7, 11) is 0. The van der Waals surface area contributed by atoms with E-state index in [0.29, 0.717) is 22.5 Å². The summed E-state index contributed by atoms with van der Waals surface area (Å²) >= 11 is 0.300. The molecule has 0 aliphatic heterocycles. The van der Waals surface area contributed by atoms with E-state index < -0.39 is 0 Å². The normalized spacial score (nSPS) is 1.00. The second-order valence-corrected chi connectivity index (χ2v) is 0. The van der Waals surface area contributed by atoms with Crippen LogP contribution in [-0.2, 0) is 3.08 Å². The van der Waals surface area contributed by atoms with E-state index in [1.54, 1.807) is 0 Å². The molecule has 0 heterocycles. The van der Waals surface area contributed by atoms with Gasteiger partial charge in [0, 0.05) is 48.9 Å². The topological polar surface area (TPSA) is 17.1 Å². The van der Waals surface area contributed by atoms with E-state index in [4.69, 9.17) is 3.08 Å². The predicted molar refractivity (Wildman–Crippen MR) is 17.9 cm³/mol. The number of hydrogen-bond donors (Lipinski definition) is 0. The molecule has 0 aromatic carbocycles. The molecule has 0 aromatic heterocycles. The molecule has 0 saturated heterocycles. The minimum absolute atomic E-state index is 0. The Kier molecular flexibility index (Phi) is 76.7. The molecule has 7 radical (unpaired) electrons. The van der Waals surface area contributed by atoms with Gasteiger partial charge in [0.15, 0.2) is 0 Å². The quantitative estimate of drug-likeness (QED) is 0.504. The van der Waals surface area contributed by atoms with E-state index in [2.05, 4.69) is 0 Å². The summed E-state index contributed by atoms with van der Waals surface area (Å²) < 4.78 is 8.34. The second-order valence-electron chi connectivity index (χ2n) is 0. The molecule has 15 valence electrons. The summed E-state index contributed by atoms with van der Waals surface area (Å²) in [6, 6.07) is 0. The van der Waals surface area contributed by atoms with Gasteiger partial charge in [0.25, 0.3) is 0 Å². The fourth-order valence-electron chi connectivity index (χ4n) is 0. The maximum absolute atomic E-state index is 8.34. The van der Waals surface area contributed by atoms with Gasteiger partial charge in [-0.3, -0.25) is 0 Å². The Labute approximate surface area is 73.3 Å². The van der Waals surface area contributed by atoms with Crippen molar-refractivity contribution in [1.82, 2.24) is 0 Å². The monoisotopic (exact) mass is 275 g/mol. The molecular weight excluding hydrogens is 274 g/mol. The van der Waals surface area contributed by atoms with Crippen molar-refractivity contribution < 1.29 is 3.08 Å². The second kappa shape index (κ2) is 18.8. The van der Waals surface area contributed by atoms with Crippen LogP contribution in [0.5, 0.6) is 0 Å². The molecule has 0 atom stereocenters. The molecule has 0 aliphatic carbocycles. The Morgan fingerprint density at radius 3 is 1.25 bits per heavy atom. The molecule has 4 heteroatoms. The van der Waals surface area contributed by atoms with E-state index in [0.717, 1.165) is 0 Å². The van der Waals surface area contributed by atoms with Crippen LogP contribution in [0.15, 0.2) is 0 Å². The van der Waals surface area contributed by atoms with E-state index in [1.165, 1.54) is 0 Å². The van der Waals surface area contributed by atoms with Gasteiger partial charge < -0.3 is 0 Å². The average Bonchev–Trinajstić information content (AvgIpc) is 1.00. The third-order valence-electron chi connectivity index (χ3n) is 0. The summed E-state index contributed by atoms with van der Waals surface area (Å²) in [5, 5.41) is 0. The average molecular weight is 274 g/mol. The van der Waals surface area contributed by atoms with Crippen LogP contribution in [-0.4, -0.2) is 71.4 Å². The molecule has 0 fully saturated rings. The van der Waals surface area contributed by atoms with Gasteiger partial charge in [0.05, 0.1) is 0 Å². The van der Waals surface area contributed by atoms with Gasteiger partial charge in [-0.05, 0) is 0 Å². The first-order valence-corrected chi connectivity index (χ1v) is 1.37. The summed E-state index contributed by atoms with van der Waals surface area (Å²) in [4.78, 5) is 0. The van der Waals surface area contributed by atoms with Gasteiger partial charge in [-0.25, -0.2) is 0 Å². The van der Waals surface area contributed by atoms with Crippen molar-refractivity contribution in [1.29, 1.82) is 0 Å². The maximum atomic E-state index is 8.34. The first kappa shape index (κ1) is 16.3. The summed E-state index contributed by atoms with van der Waals surface area (Å²) in [5.41, 5.74) is 0. The summed E-state index contributed by atoms with van der Waals surface area (Å²) in [6.45, 7) is 0. The van der Waals surface area contributed by atoms with Crippen LogP contribution in [0.2, 0.25) is 0 Å². The summed E-state index contributed by atoms with van der Waals surface area (Å²) in [6.07, 6.45) is 0. The van der Waals surface area contributed by atoms with Crippen LogP contribution in [0.25, 0.3) is 0 Å². The van der Waals surface area contributed by atoms with E-state index >= 15 is 0 Å². The zero-order valence-corrected chi connectivity index (χ0v) is 9.76. The summed E-state index contributed by atoms with van der Waals surface area (Å²) in [5.74, 6) is 0. The van der Waals surface area contributed by atoms with Gasteiger partial charge in [0.2, 0.25) is 0 Å². The Morgan fingerprint density at radius 1 is 1.25 bits per heavy atom. The van der Waals surface area contributed by atoms with Gasteiger partial charge in [-0.1, -0.05) is 0 Å². The minimum atomic E-state index is 0. The predicted octanol–water partition coefficient (Wildman–Crippen LogP) is -1.26. The molecule has 4 heavy (non-hydrogen) atoms. The molecule has 0 aliphatic rings. The molecule has 0 N–H and O–H groups in total. The number of rotatable bonds is 0. The van der Waals surface area contributed by atoms with Crippen LogP contribution >= 0.6 is 0 Å². The Hall–Kier alpha value is 2.24. The van der Waals surface area contributed by atoms with Crippen molar-refractivity contribution in [3.05, 3.63) is 0 Å². The van der Waals surface area contributed by atoms with E-state index in [1.807, 2.05) is 0 Å². The van der Waals surface area contributed by atoms with E-state index in [-0.39, 0.29) is 48.9 Å². The molecule has 0 aromatic rings. The van der Waals surface area contributed by atoms with Crippen molar-refractivity contribution >= 4 is 71.4 Å². The Balaban J connectivity index is -0.00000000500. The zero-order valence-electron chi connectivity index (χ0n) is 2.19. The van der Waals surface area contributed by atoms with Crippen molar-refractivity contribution in [2.24, 2.45) is 0 Å². The third kappa shape index (κ3) is 8.87. The molecule has 0 bridgehead atoms. The number of hydrogen-bond acceptors (Lipinski definition) is 1. The SMILES string of the molecule is [In].[Mg].[O]=[Sn]. The Morgan fingerprint density at radius 2 is 1.25 bits per heavy atom. The standard InChI is InChI=1S/In.Mg.O.Sn. The van der Waals surface area contributed by atoms with Crippen LogP contribution in [0.4, 0.5) is 0 Å². The van der Waals surface area contributed by atoms with Crippen molar-refractivity contribution in [2.45, 2.75) is 0 Å². The van der Waals surface area contributed by atoms with Gasteiger partial charge in [0.1, 0.15) is 0 Å². The molecule has 0 saturated carbocycles. The molecule has 0 spiro atoms. The van der Waals surface area contributed by atoms with Crippen molar-refractivity contribution in [3.8, 4) is 0 Å². The fraction of sp³-hybridized carbons (Fsp3) is 0. The molecular formula is InMgOSn. The molecule has 0 unspecified atom stereocenters. The van der Waals surface area contributed by atoms with Gasteiger partial charge >= 0.3 is 25.6 Å². The van der Waals surface area contributed by atoms with Gasteiger partial charge in [-0.15, -0.1) is 0 Å². The molecule has 0 amide bonds. The van der Waals surface area contributed by atoms with E-state index in [9.17, 15) is 0 Å². The fourth-order valence-corrected chi connectivity index (χ4v) is 0. The first-order valence-electron chi connectivity index (χ1n) is 0.204. The van der Waals surface area contributed by atoms with Crippen LogP contribution < -0.4 is 0 Å². The van der Waals surface area contributed by atoms with Crippen molar-refractivity contribution in [2.75, 3.05) is 0 Å². The Bertz CT molecular complexity index is 8.00. The zero-order chi connectivity index (χ0) is 2.00. The molecule has 1 nitrogen and oxygen atoms in total. The molecule has 0 rings (SSSR count).